The molecule has 12 heavy (non-hydrogen) atoms. The van der Waals surface area contributed by atoms with Gasteiger partial charge in [0.2, 0.25) is 0 Å². The van der Waals surface area contributed by atoms with Gasteiger partial charge < -0.3 is 4.74 Å². The van der Waals surface area contributed by atoms with Gasteiger partial charge in [-0.3, -0.25) is 10.5 Å². The van der Waals surface area contributed by atoms with Gasteiger partial charge in [0, 0.05) is 11.8 Å². The Labute approximate surface area is 72.3 Å². The minimum absolute atomic E-state index is 0.124. The zero-order chi connectivity index (χ0) is 9.20. The highest BCUT2D eigenvalue weighted by molar-refractivity contribution is 5.82. The fourth-order valence-corrected chi connectivity index (χ4v) is 2.34. The third-order valence-electron chi connectivity index (χ3n) is 4.16. The highest BCUT2D eigenvalue weighted by atomic mass is 16.6. The average Bonchev–Trinajstić information content (AvgIpc) is 2.18. The van der Waals surface area contributed by atoms with Crippen molar-refractivity contribution < 1.29 is 9.53 Å². The zero-order valence-corrected chi connectivity index (χ0v) is 7.81. The van der Waals surface area contributed by atoms with Crippen LogP contribution in [0.5, 0.6) is 0 Å². The molecule has 0 radical (unpaired) electrons. The van der Waals surface area contributed by atoms with E-state index in [1.54, 1.807) is 0 Å². The molecule has 1 heterocycles. The van der Waals surface area contributed by atoms with E-state index in [-0.39, 0.29) is 16.8 Å². The van der Waals surface area contributed by atoms with Crippen molar-refractivity contribution in [2.75, 3.05) is 0 Å². The van der Waals surface area contributed by atoms with Crippen LogP contribution >= 0.6 is 0 Å². The Balaban J connectivity index is 2.56. The summed E-state index contributed by atoms with van der Waals surface area (Å²) in [6.07, 6.45) is 1.65. The Morgan fingerprint density at radius 1 is 1.33 bits per heavy atom. The van der Waals surface area contributed by atoms with Crippen LogP contribution in [0.3, 0.4) is 0 Å². The number of carbonyl (C=O) groups is 1. The van der Waals surface area contributed by atoms with Gasteiger partial charge >= 0.3 is 5.97 Å². The lowest BCUT2D eigenvalue weighted by Crippen LogP contribution is -2.48. The molecule has 0 spiro atoms. The van der Waals surface area contributed by atoms with Crippen molar-refractivity contribution in [3.63, 3.8) is 0 Å². The van der Waals surface area contributed by atoms with Gasteiger partial charge in [0.05, 0.1) is 5.41 Å². The summed E-state index contributed by atoms with van der Waals surface area (Å²) in [6.45, 7) is 5.99. The van der Waals surface area contributed by atoms with Gasteiger partial charge in [-0.05, 0) is 13.3 Å². The highest BCUT2D eigenvalue weighted by Crippen LogP contribution is 2.63. The predicted octanol–water partition coefficient (Wildman–Crippen LogP) is 1.02. The molecule has 2 atom stereocenters. The van der Waals surface area contributed by atoms with Gasteiger partial charge in [0.15, 0.2) is 5.72 Å². The van der Waals surface area contributed by atoms with Crippen LogP contribution in [0, 0.1) is 10.8 Å². The van der Waals surface area contributed by atoms with E-state index in [0.717, 1.165) is 12.8 Å². The van der Waals surface area contributed by atoms with Crippen LogP contribution in [0.25, 0.3) is 0 Å². The second-order valence-corrected chi connectivity index (χ2v) is 4.74. The molecule has 1 saturated carbocycles. The first-order valence-electron chi connectivity index (χ1n) is 4.36. The third-order valence-corrected chi connectivity index (χ3v) is 4.16. The highest BCUT2D eigenvalue weighted by Gasteiger charge is 2.71. The first-order valence-corrected chi connectivity index (χ1v) is 4.36. The average molecular weight is 169 g/mol. The Morgan fingerprint density at radius 3 is 2.08 bits per heavy atom. The summed E-state index contributed by atoms with van der Waals surface area (Å²) in [6, 6.07) is 0. The second kappa shape index (κ2) is 1.69. The van der Waals surface area contributed by atoms with Crippen LogP contribution in [0.4, 0.5) is 0 Å². The van der Waals surface area contributed by atoms with E-state index in [1.807, 2.05) is 20.8 Å². The van der Waals surface area contributed by atoms with Gasteiger partial charge in [-0.15, -0.1) is 0 Å². The number of rotatable bonds is 0. The Bertz CT molecular complexity index is 261. The van der Waals surface area contributed by atoms with E-state index in [9.17, 15) is 4.79 Å². The van der Waals surface area contributed by atoms with E-state index >= 15 is 0 Å². The van der Waals surface area contributed by atoms with Crippen molar-refractivity contribution in [3.05, 3.63) is 0 Å². The summed E-state index contributed by atoms with van der Waals surface area (Å²) >= 11 is 0. The summed E-state index contributed by atoms with van der Waals surface area (Å²) in [5.74, 6) is -0.124. The smallest absolute Gasteiger partial charge is 0.314 e. The van der Waals surface area contributed by atoms with Crippen molar-refractivity contribution in [2.45, 2.75) is 39.3 Å². The Kier molecular flexibility index (Phi) is 1.13. The van der Waals surface area contributed by atoms with Crippen LogP contribution < -0.4 is 5.73 Å². The molecular formula is C9H15NO2. The van der Waals surface area contributed by atoms with Gasteiger partial charge in [-0.25, -0.2) is 0 Å². The molecule has 0 aromatic heterocycles. The molecule has 3 heteroatoms. The number of esters is 1. The van der Waals surface area contributed by atoms with Crippen molar-refractivity contribution >= 4 is 5.97 Å². The van der Waals surface area contributed by atoms with E-state index in [1.165, 1.54) is 0 Å². The summed E-state index contributed by atoms with van der Waals surface area (Å²) in [7, 11) is 0. The molecule has 2 bridgehead atoms. The van der Waals surface area contributed by atoms with E-state index in [0.29, 0.717) is 0 Å². The monoisotopic (exact) mass is 169 g/mol. The minimum Gasteiger partial charge on any atom is -0.443 e. The zero-order valence-electron chi connectivity index (χ0n) is 7.81. The molecule has 0 aromatic rings. The first kappa shape index (κ1) is 8.05. The van der Waals surface area contributed by atoms with Gasteiger partial charge in [-0.2, -0.15) is 0 Å². The van der Waals surface area contributed by atoms with Gasteiger partial charge in [0.1, 0.15) is 0 Å². The first-order chi connectivity index (χ1) is 5.33. The van der Waals surface area contributed by atoms with E-state index in [4.69, 9.17) is 10.5 Å². The molecule has 1 unspecified atom stereocenters. The maximum atomic E-state index is 11.5. The van der Waals surface area contributed by atoms with Crippen molar-refractivity contribution in [1.82, 2.24) is 0 Å². The maximum Gasteiger partial charge on any atom is 0.314 e. The lowest BCUT2D eigenvalue weighted by molar-refractivity contribution is -0.159. The molecule has 68 valence electrons. The summed E-state index contributed by atoms with van der Waals surface area (Å²) in [5, 5.41) is 0. The fourth-order valence-electron chi connectivity index (χ4n) is 2.34. The number of nitrogens with two attached hydrogens (primary N) is 1. The molecular weight excluding hydrogens is 154 g/mol. The maximum absolute atomic E-state index is 11.5. The summed E-state index contributed by atoms with van der Waals surface area (Å²) in [4.78, 5) is 11.5. The molecule has 0 amide bonds. The van der Waals surface area contributed by atoms with Gasteiger partial charge in [-0.1, -0.05) is 13.8 Å². The lowest BCUT2D eigenvalue weighted by atomic mass is 9.69. The summed E-state index contributed by atoms with van der Waals surface area (Å²) in [5.41, 5.74) is 4.72. The van der Waals surface area contributed by atoms with Crippen LogP contribution in [-0.4, -0.2) is 11.7 Å². The third kappa shape index (κ3) is 0.534. The number of fused-ring (bicyclic) bond motifs is 2. The minimum atomic E-state index is -0.709. The number of hydrogen-bond donors (Lipinski definition) is 1. The molecule has 0 aromatic carbocycles. The molecule has 3 nitrogen and oxygen atoms in total. The number of ether oxygens (including phenoxy) is 1. The van der Waals surface area contributed by atoms with Crippen LogP contribution in [0.2, 0.25) is 0 Å². The van der Waals surface area contributed by atoms with E-state index < -0.39 is 5.72 Å². The van der Waals surface area contributed by atoms with Crippen molar-refractivity contribution in [3.8, 4) is 0 Å². The van der Waals surface area contributed by atoms with E-state index in [2.05, 4.69) is 0 Å². The molecule has 1 aliphatic carbocycles. The Hall–Kier alpha value is -0.570. The topological polar surface area (TPSA) is 52.3 Å². The molecule has 1 saturated heterocycles. The predicted molar refractivity (Wildman–Crippen MR) is 44.1 cm³/mol. The standard InChI is InChI=1S/C9H15NO2/c1-7(2)8(3)4-5-9(7,10)12-6(8)11/h4-5,10H2,1-3H3/t8-,9?/m0/s1. The van der Waals surface area contributed by atoms with Crippen LogP contribution in [0.1, 0.15) is 33.6 Å². The van der Waals surface area contributed by atoms with Crippen molar-refractivity contribution in [2.24, 2.45) is 16.6 Å². The van der Waals surface area contributed by atoms with Crippen LogP contribution in [-0.2, 0) is 9.53 Å². The van der Waals surface area contributed by atoms with Crippen LogP contribution in [0.15, 0.2) is 0 Å². The largest absolute Gasteiger partial charge is 0.443 e. The van der Waals surface area contributed by atoms with Crippen molar-refractivity contribution in [1.29, 1.82) is 0 Å². The number of carbonyl (C=O) groups excluding carboxylic acids is 1. The molecule has 2 aliphatic rings. The normalized spacial score (nSPS) is 49.5. The number of hydrogen-bond acceptors (Lipinski definition) is 3. The second-order valence-electron chi connectivity index (χ2n) is 4.74. The lowest BCUT2D eigenvalue weighted by Gasteiger charge is -2.33. The fraction of sp³-hybridized carbons (Fsp3) is 0.889. The molecule has 2 fully saturated rings. The Morgan fingerprint density at radius 2 is 1.92 bits per heavy atom. The molecule has 2 N–H and O–H groups in total. The quantitative estimate of drug-likeness (QED) is 0.551. The summed E-state index contributed by atoms with van der Waals surface area (Å²) < 4.78 is 5.20. The molecule has 1 aliphatic heterocycles. The molecule has 2 rings (SSSR count). The SMILES string of the molecule is CC1(C)C2(N)CC[C@@]1(C)C(=O)O2. The van der Waals surface area contributed by atoms with Gasteiger partial charge in [0.25, 0.3) is 0 Å².